The van der Waals surface area contributed by atoms with Crippen LogP contribution in [0.5, 0.6) is 0 Å². The molecule has 3 rings (SSSR count). The van der Waals surface area contributed by atoms with E-state index in [9.17, 15) is 4.79 Å². The monoisotopic (exact) mass is 408 g/mol. The summed E-state index contributed by atoms with van der Waals surface area (Å²) in [6.07, 6.45) is 0. The number of anilines is 1. The van der Waals surface area contributed by atoms with Crippen LogP contribution in [-0.4, -0.2) is 29.3 Å². The van der Waals surface area contributed by atoms with E-state index in [4.69, 9.17) is 16.9 Å². The summed E-state index contributed by atoms with van der Waals surface area (Å²) in [5.74, 6) is -0.117. The highest BCUT2D eigenvalue weighted by molar-refractivity contribution is 6.32. The summed E-state index contributed by atoms with van der Waals surface area (Å²) in [4.78, 5) is 13.5. The number of carbonyl (C=O) groups excluding carboxylic acids is 1. The van der Waals surface area contributed by atoms with Crippen molar-refractivity contribution in [1.29, 1.82) is 5.26 Å². The van der Waals surface area contributed by atoms with Crippen LogP contribution in [0.15, 0.2) is 48.5 Å². The van der Waals surface area contributed by atoms with Crippen LogP contribution in [0.3, 0.4) is 0 Å². The zero-order chi connectivity index (χ0) is 21.0. The summed E-state index contributed by atoms with van der Waals surface area (Å²) in [6.45, 7) is 5.03. The number of carbonyl (C=O) groups is 1. The molecule has 7 heteroatoms. The van der Waals surface area contributed by atoms with Gasteiger partial charge in [-0.25, -0.2) is 4.68 Å². The van der Waals surface area contributed by atoms with E-state index in [-0.39, 0.29) is 5.91 Å². The molecule has 1 amide bonds. The number of nitriles is 1. The predicted molar refractivity (Wildman–Crippen MR) is 113 cm³/mol. The maximum Gasteiger partial charge on any atom is 0.279 e. The van der Waals surface area contributed by atoms with Crippen LogP contribution in [0.4, 0.5) is 5.69 Å². The molecule has 29 heavy (non-hydrogen) atoms. The van der Waals surface area contributed by atoms with Crippen LogP contribution in [0, 0.1) is 25.2 Å². The van der Waals surface area contributed by atoms with Crippen molar-refractivity contribution in [2.75, 3.05) is 18.9 Å². The molecular formula is C22H23ClN5O+. The van der Waals surface area contributed by atoms with Gasteiger partial charge in [0.1, 0.15) is 12.6 Å². The van der Waals surface area contributed by atoms with E-state index in [2.05, 4.69) is 17.3 Å². The van der Waals surface area contributed by atoms with E-state index in [1.165, 1.54) is 0 Å². The summed E-state index contributed by atoms with van der Waals surface area (Å²) < 4.78 is 1.94. The molecule has 0 aliphatic carbocycles. The summed E-state index contributed by atoms with van der Waals surface area (Å²) in [6, 6.07) is 16.9. The third-order valence-electron chi connectivity index (χ3n) is 4.76. The maximum atomic E-state index is 12.4. The van der Waals surface area contributed by atoms with Gasteiger partial charge in [0.2, 0.25) is 0 Å². The van der Waals surface area contributed by atoms with Crippen LogP contribution in [-0.2, 0) is 11.3 Å². The third kappa shape index (κ3) is 4.83. The average Bonchev–Trinajstić information content (AvgIpc) is 2.97. The molecule has 0 saturated carbocycles. The quantitative estimate of drug-likeness (QED) is 0.658. The lowest BCUT2D eigenvalue weighted by Crippen LogP contribution is -3.08. The van der Waals surface area contributed by atoms with Gasteiger partial charge in [-0.2, -0.15) is 10.4 Å². The molecule has 0 aliphatic heterocycles. The number of benzene rings is 2. The molecule has 0 radical (unpaired) electrons. The van der Waals surface area contributed by atoms with Crippen LogP contribution < -0.4 is 10.2 Å². The molecule has 2 N–H and O–H groups in total. The van der Waals surface area contributed by atoms with Crippen molar-refractivity contribution < 1.29 is 9.69 Å². The lowest BCUT2D eigenvalue weighted by atomic mass is 10.2. The number of hydrogen-bond donors (Lipinski definition) is 2. The normalized spacial score (nSPS) is 11.7. The maximum absolute atomic E-state index is 12.4. The van der Waals surface area contributed by atoms with Gasteiger partial charge in [0.25, 0.3) is 5.91 Å². The number of nitrogens with zero attached hydrogens (tertiary/aromatic N) is 3. The number of para-hydroxylation sites is 1. The molecule has 148 valence electrons. The zero-order valence-electron chi connectivity index (χ0n) is 16.7. The van der Waals surface area contributed by atoms with Gasteiger partial charge in [-0.05, 0) is 44.2 Å². The topological polar surface area (TPSA) is 75.2 Å². The van der Waals surface area contributed by atoms with Crippen molar-refractivity contribution >= 4 is 23.2 Å². The number of hydrogen-bond acceptors (Lipinski definition) is 3. The Balaban J connectivity index is 1.66. The Morgan fingerprint density at radius 1 is 1.24 bits per heavy atom. The molecule has 2 aromatic carbocycles. The molecule has 0 fully saturated rings. The molecule has 6 nitrogen and oxygen atoms in total. The minimum atomic E-state index is -0.117. The van der Waals surface area contributed by atoms with Crippen molar-refractivity contribution in [3.8, 4) is 11.8 Å². The average molecular weight is 409 g/mol. The number of halogens is 1. The van der Waals surface area contributed by atoms with Crippen LogP contribution in [0.1, 0.15) is 22.5 Å². The van der Waals surface area contributed by atoms with Gasteiger partial charge in [-0.3, -0.25) is 4.79 Å². The van der Waals surface area contributed by atoms with Crippen molar-refractivity contribution in [2.24, 2.45) is 0 Å². The van der Waals surface area contributed by atoms with E-state index in [1.807, 2.05) is 55.1 Å². The van der Waals surface area contributed by atoms with Gasteiger partial charge < -0.3 is 10.2 Å². The minimum absolute atomic E-state index is 0.117. The molecule has 1 unspecified atom stereocenters. The van der Waals surface area contributed by atoms with Gasteiger partial charge in [0.05, 0.1) is 40.3 Å². The van der Waals surface area contributed by atoms with Crippen LogP contribution in [0.2, 0.25) is 5.02 Å². The lowest BCUT2D eigenvalue weighted by Gasteiger charge is -2.14. The van der Waals surface area contributed by atoms with Crippen molar-refractivity contribution in [3.63, 3.8) is 0 Å². The molecule has 1 aromatic heterocycles. The molecule has 0 saturated heterocycles. The first-order valence-electron chi connectivity index (χ1n) is 9.30. The Kier molecular flexibility index (Phi) is 6.32. The van der Waals surface area contributed by atoms with Gasteiger partial charge in [0, 0.05) is 5.69 Å². The van der Waals surface area contributed by atoms with E-state index in [1.54, 1.807) is 18.2 Å². The molecule has 1 atom stereocenters. The van der Waals surface area contributed by atoms with Crippen LogP contribution >= 0.6 is 11.6 Å². The highest BCUT2D eigenvalue weighted by atomic mass is 35.5. The predicted octanol–water partition coefficient (Wildman–Crippen LogP) is 2.67. The fourth-order valence-electron chi connectivity index (χ4n) is 3.28. The first-order chi connectivity index (χ1) is 13.9. The number of nitrogens with one attached hydrogen (secondary N) is 2. The highest BCUT2D eigenvalue weighted by Crippen LogP contribution is 2.20. The highest BCUT2D eigenvalue weighted by Gasteiger charge is 2.18. The molecule has 0 bridgehead atoms. The van der Waals surface area contributed by atoms with E-state index in [0.29, 0.717) is 29.4 Å². The van der Waals surface area contributed by atoms with E-state index < -0.39 is 0 Å². The number of quaternary nitrogens is 1. The Morgan fingerprint density at radius 2 is 1.97 bits per heavy atom. The third-order valence-corrected chi connectivity index (χ3v) is 5.07. The van der Waals surface area contributed by atoms with Gasteiger partial charge in [-0.15, -0.1) is 0 Å². The number of amides is 1. The second-order valence-corrected chi connectivity index (χ2v) is 7.47. The Morgan fingerprint density at radius 3 is 2.62 bits per heavy atom. The molecule has 0 spiro atoms. The summed E-state index contributed by atoms with van der Waals surface area (Å²) in [7, 11) is 1.98. The SMILES string of the molecule is Cc1nn(-c2ccccc2)c(C)c1C[NH+](C)CC(=O)Nc1ccc(C#N)c(Cl)c1. The first kappa shape index (κ1) is 20.6. The number of aromatic nitrogens is 2. The zero-order valence-corrected chi connectivity index (χ0v) is 17.4. The van der Waals surface area contributed by atoms with Gasteiger partial charge in [-0.1, -0.05) is 29.8 Å². The van der Waals surface area contributed by atoms with E-state index in [0.717, 1.165) is 27.5 Å². The van der Waals surface area contributed by atoms with Crippen molar-refractivity contribution in [2.45, 2.75) is 20.4 Å². The second kappa shape index (κ2) is 8.91. The summed E-state index contributed by atoms with van der Waals surface area (Å²) in [5, 5.41) is 16.8. The minimum Gasteiger partial charge on any atom is -0.326 e. The smallest absolute Gasteiger partial charge is 0.279 e. The van der Waals surface area contributed by atoms with Crippen LogP contribution in [0.25, 0.3) is 5.69 Å². The van der Waals surface area contributed by atoms with Gasteiger partial charge >= 0.3 is 0 Å². The molecule has 1 heterocycles. The number of rotatable bonds is 6. The Labute approximate surface area is 175 Å². The fourth-order valence-corrected chi connectivity index (χ4v) is 3.50. The van der Waals surface area contributed by atoms with Crippen molar-refractivity contribution in [3.05, 3.63) is 76.1 Å². The number of likely N-dealkylation sites (N-methyl/N-ethyl adjacent to an activating group) is 1. The number of aryl methyl sites for hydroxylation is 1. The largest absolute Gasteiger partial charge is 0.326 e. The Bertz CT molecular complexity index is 1070. The Hall–Kier alpha value is -3.14. The summed E-state index contributed by atoms with van der Waals surface area (Å²) >= 11 is 6.03. The van der Waals surface area contributed by atoms with E-state index >= 15 is 0 Å². The standard InChI is InChI=1S/C22H22ClN5O/c1-15-20(16(2)28(26-15)19-7-5-4-6-8-19)13-27(3)14-22(29)25-18-10-9-17(12-24)21(23)11-18/h4-11H,13-14H2,1-3H3,(H,25,29)/p+1. The molecular weight excluding hydrogens is 386 g/mol. The second-order valence-electron chi connectivity index (χ2n) is 7.06. The lowest BCUT2D eigenvalue weighted by molar-refractivity contribution is -0.885. The molecule has 3 aromatic rings. The van der Waals surface area contributed by atoms with Crippen molar-refractivity contribution in [1.82, 2.24) is 9.78 Å². The molecule has 0 aliphatic rings. The van der Waals surface area contributed by atoms with Gasteiger partial charge in [0.15, 0.2) is 6.54 Å². The summed E-state index contributed by atoms with van der Waals surface area (Å²) in [5.41, 5.74) is 5.16. The first-order valence-corrected chi connectivity index (χ1v) is 9.68. The fraction of sp³-hybridized carbons (Fsp3) is 0.227.